The molecule has 10 heteroatoms. The lowest BCUT2D eigenvalue weighted by molar-refractivity contribution is -0.384. The van der Waals surface area contributed by atoms with Crippen molar-refractivity contribution in [2.75, 3.05) is 36.4 Å². The second kappa shape index (κ2) is 9.19. The molecule has 0 bridgehead atoms. The summed E-state index contributed by atoms with van der Waals surface area (Å²) in [5.41, 5.74) is 6.40. The second-order valence-corrected chi connectivity index (χ2v) is 9.22. The summed E-state index contributed by atoms with van der Waals surface area (Å²) in [5, 5.41) is 13.9. The lowest BCUT2D eigenvalue weighted by Gasteiger charge is -2.31. The van der Waals surface area contributed by atoms with Crippen LogP contribution in [0.2, 0.25) is 0 Å². The molecule has 0 unspecified atom stereocenters. The van der Waals surface area contributed by atoms with Crippen LogP contribution in [0.1, 0.15) is 18.4 Å². The van der Waals surface area contributed by atoms with Gasteiger partial charge in [-0.15, -0.1) is 0 Å². The number of nitrogens with one attached hydrogen (secondary N) is 1. The Morgan fingerprint density at radius 3 is 2.48 bits per heavy atom. The fraction of sp³-hybridized carbons (Fsp3) is 0.421. The van der Waals surface area contributed by atoms with Gasteiger partial charge in [0.25, 0.3) is 0 Å². The van der Waals surface area contributed by atoms with E-state index in [1.54, 1.807) is 4.31 Å². The van der Waals surface area contributed by atoms with E-state index in [0.717, 1.165) is 18.4 Å². The summed E-state index contributed by atoms with van der Waals surface area (Å²) in [6, 6.07) is 12.5. The van der Waals surface area contributed by atoms with Crippen LogP contribution in [0.15, 0.2) is 42.5 Å². The first-order chi connectivity index (χ1) is 13.8. The molecule has 1 aliphatic rings. The Hall–Kier alpha value is -2.72. The first kappa shape index (κ1) is 21.0. The summed E-state index contributed by atoms with van der Waals surface area (Å²) < 4.78 is 26.8. The average Bonchev–Trinajstić information content (AvgIpc) is 2.72. The molecule has 1 aliphatic heterocycles. The number of hydrogen-bond acceptors (Lipinski definition) is 7. The molecule has 1 aromatic heterocycles. The summed E-state index contributed by atoms with van der Waals surface area (Å²) in [6.07, 6.45) is 2.01. The van der Waals surface area contributed by atoms with Gasteiger partial charge < -0.3 is 11.1 Å². The molecule has 0 spiro atoms. The van der Waals surface area contributed by atoms with Crippen molar-refractivity contribution in [2.24, 2.45) is 5.92 Å². The number of nitro groups is 1. The van der Waals surface area contributed by atoms with E-state index in [1.165, 1.54) is 12.1 Å². The first-order valence-corrected chi connectivity index (χ1v) is 11.1. The lowest BCUT2D eigenvalue weighted by atomic mass is 9.98. The number of aryl methyl sites for hydroxylation is 1. The van der Waals surface area contributed by atoms with Gasteiger partial charge in [0.1, 0.15) is 5.82 Å². The number of nitrogen functional groups attached to an aromatic ring is 1. The van der Waals surface area contributed by atoms with Crippen molar-refractivity contribution in [3.63, 3.8) is 0 Å². The molecule has 29 heavy (non-hydrogen) atoms. The van der Waals surface area contributed by atoms with Crippen LogP contribution >= 0.6 is 0 Å². The number of pyridine rings is 1. The Bertz CT molecular complexity index is 944. The maximum Gasteiger partial charge on any atom is 0.311 e. The summed E-state index contributed by atoms with van der Waals surface area (Å²) in [5.74, 6) is 0.769. The van der Waals surface area contributed by atoms with E-state index < -0.39 is 14.9 Å². The van der Waals surface area contributed by atoms with Gasteiger partial charge in [0, 0.05) is 25.7 Å². The molecule has 1 fully saturated rings. The third kappa shape index (κ3) is 5.64. The van der Waals surface area contributed by atoms with E-state index in [-0.39, 0.29) is 17.3 Å². The van der Waals surface area contributed by atoms with Gasteiger partial charge in [-0.1, -0.05) is 30.3 Å². The third-order valence-electron chi connectivity index (χ3n) is 5.13. The van der Waals surface area contributed by atoms with Crippen molar-refractivity contribution in [2.45, 2.75) is 19.3 Å². The van der Waals surface area contributed by atoms with Gasteiger partial charge >= 0.3 is 5.69 Å². The van der Waals surface area contributed by atoms with E-state index in [1.807, 2.05) is 30.3 Å². The molecule has 0 atom stereocenters. The van der Waals surface area contributed by atoms with E-state index in [9.17, 15) is 18.5 Å². The van der Waals surface area contributed by atoms with E-state index in [4.69, 9.17) is 5.73 Å². The second-order valence-electron chi connectivity index (χ2n) is 7.13. The minimum atomic E-state index is -3.27. The van der Waals surface area contributed by atoms with Crippen molar-refractivity contribution in [3.05, 3.63) is 58.1 Å². The number of aromatic nitrogens is 1. The predicted octanol–water partition coefficient (Wildman–Crippen LogP) is 2.27. The SMILES string of the molecule is Nc1nc(NCC2CCN(S(=O)(=O)CCc3ccccc3)CC2)ccc1[N+](=O)[O-]. The Balaban J connectivity index is 1.46. The predicted molar refractivity (Wildman–Crippen MR) is 112 cm³/mol. The molecule has 156 valence electrons. The number of nitrogens with two attached hydrogens (primary N) is 1. The highest BCUT2D eigenvalue weighted by atomic mass is 32.2. The van der Waals surface area contributed by atoms with Gasteiger partial charge in [-0.25, -0.2) is 17.7 Å². The molecule has 0 saturated carbocycles. The van der Waals surface area contributed by atoms with Crippen molar-refractivity contribution in [1.29, 1.82) is 0 Å². The van der Waals surface area contributed by atoms with Crippen LogP contribution in [0.25, 0.3) is 0 Å². The minimum absolute atomic E-state index is 0.117. The summed E-state index contributed by atoms with van der Waals surface area (Å²) >= 11 is 0. The highest BCUT2D eigenvalue weighted by Gasteiger charge is 2.27. The first-order valence-electron chi connectivity index (χ1n) is 9.51. The van der Waals surface area contributed by atoms with Crippen LogP contribution in [0.3, 0.4) is 0 Å². The van der Waals surface area contributed by atoms with Gasteiger partial charge in [0.05, 0.1) is 10.7 Å². The number of rotatable bonds is 8. The van der Waals surface area contributed by atoms with Crippen molar-refractivity contribution >= 4 is 27.3 Å². The quantitative estimate of drug-likeness (QED) is 0.495. The Morgan fingerprint density at radius 1 is 1.17 bits per heavy atom. The van der Waals surface area contributed by atoms with E-state index >= 15 is 0 Å². The molecular formula is C19H25N5O4S. The van der Waals surface area contributed by atoms with Crippen LogP contribution in [-0.4, -0.2) is 48.0 Å². The Labute approximate surface area is 170 Å². The van der Waals surface area contributed by atoms with Crippen LogP contribution in [-0.2, 0) is 16.4 Å². The smallest absolute Gasteiger partial charge is 0.311 e. The molecule has 3 rings (SSSR count). The molecule has 0 aliphatic carbocycles. The fourth-order valence-corrected chi connectivity index (χ4v) is 4.90. The molecule has 9 nitrogen and oxygen atoms in total. The van der Waals surface area contributed by atoms with Crippen molar-refractivity contribution in [1.82, 2.24) is 9.29 Å². The van der Waals surface area contributed by atoms with Gasteiger partial charge in [-0.2, -0.15) is 0 Å². The van der Waals surface area contributed by atoms with Crippen LogP contribution < -0.4 is 11.1 Å². The van der Waals surface area contributed by atoms with E-state index in [0.29, 0.717) is 37.8 Å². The van der Waals surface area contributed by atoms with Crippen molar-refractivity contribution in [3.8, 4) is 0 Å². The fourth-order valence-electron chi connectivity index (χ4n) is 3.38. The van der Waals surface area contributed by atoms with Crippen molar-refractivity contribution < 1.29 is 13.3 Å². The highest BCUT2D eigenvalue weighted by molar-refractivity contribution is 7.89. The largest absolute Gasteiger partial charge is 0.378 e. The molecular weight excluding hydrogens is 394 g/mol. The molecule has 3 N–H and O–H groups in total. The van der Waals surface area contributed by atoms with Gasteiger partial charge in [-0.3, -0.25) is 10.1 Å². The molecule has 1 saturated heterocycles. The number of nitrogens with zero attached hydrogens (tertiary/aromatic N) is 3. The third-order valence-corrected chi connectivity index (χ3v) is 7.00. The zero-order valence-corrected chi connectivity index (χ0v) is 16.8. The minimum Gasteiger partial charge on any atom is -0.378 e. The highest BCUT2D eigenvalue weighted by Crippen LogP contribution is 2.23. The van der Waals surface area contributed by atoms with Gasteiger partial charge in [0.15, 0.2) is 0 Å². The standard InChI is InChI=1S/C19H25N5O4S/c20-19-17(24(25)26)6-7-18(22-19)21-14-16-8-11-23(12-9-16)29(27,28)13-10-15-4-2-1-3-5-15/h1-7,16H,8-14H2,(H3,20,21,22). The van der Waals surface area contributed by atoms with Gasteiger partial charge in [0.2, 0.25) is 15.8 Å². The molecule has 1 aromatic carbocycles. The lowest BCUT2D eigenvalue weighted by Crippen LogP contribution is -2.41. The van der Waals surface area contributed by atoms with Crippen LogP contribution in [0.4, 0.5) is 17.3 Å². The molecule has 0 radical (unpaired) electrons. The van der Waals surface area contributed by atoms with Gasteiger partial charge in [-0.05, 0) is 36.8 Å². The maximum absolute atomic E-state index is 12.6. The van der Waals surface area contributed by atoms with Crippen LogP contribution in [0.5, 0.6) is 0 Å². The van der Waals surface area contributed by atoms with Crippen LogP contribution in [0, 0.1) is 16.0 Å². The molecule has 0 amide bonds. The number of piperidine rings is 1. The molecule has 2 aromatic rings. The summed E-state index contributed by atoms with van der Waals surface area (Å²) in [7, 11) is -3.27. The Kier molecular flexibility index (Phi) is 6.65. The number of hydrogen-bond donors (Lipinski definition) is 2. The maximum atomic E-state index is 12.6. The molecule has 2 heterocycles. The summed E-state index contributed by atoms with van der Waals surface area (Å²) in [4.78, 5) is 14.2. The number of sulfonamides is 1. The zero-order chi connectivity index (χ0) is 20.9. The van der Waals surface area contributed by atoms with E-state index in [2.05, 4.69) is 10.3 Å². The topological polar surface area (TPSA) is 131 Å². The number of benzene rings is 1. The average molecular weight is 420 g/mol. The monoisotopic (exact) mass is 419 g/mol. The number of anilines is 2. The Morgan fingerprint density at radius 2 is 1.86 bits per heavy atom. The summed E-state index contributed by atoms with van der Waals surface area (Å²) in [6.45, 7) is 1.61. The normalized spacial score (nSPS) is 15.9. The zero-order valence-electron chi connectivity index (χ0n) is 16.0.